The van der Waals surface area contributed by atoms with Crippen LogP contribution < -0.4 is 11.1 Å². The lowest BCUT2D eigenvalue weighted by Crippen LogP contribution is -2.48. The highest BCUT2D eigenvalue weighted by molar-refractivity contribution is 6.08. The van der Waals surface area contributed by atoms with Crippen molar-refractivity contribution in [2.75, 3.05) is 25.5 Å². The molecule has 6 nitrogen and oxygen atoms in total. The number of nitrogens with one attached hydrogen (secondary N) is 1. The normalized spacial score (nSPS) is 14.8. The van der Waals surface area contributed by atoms with Gasteiger partial charge in [-0.25, -0.2) is 0 Å². The predicted molar refractivity (Wildman–Crippen MR) is 112 cm³/mol. The van der Waals surface area contributed by atoms with Gasteiger partial charge in [0.2, 0.25) is 6.41 Å². The maximum absolute atomic E-state index is 12.7. The van der Waals surface area contributed by atoms with Gasteiger partial charge in [0.05, 0.1) is 5.71 Å². The largest absolute Gasteiger partial charge is 0.405 e. The van der Waals surface area contributed by atoms with Gasteiger partial charge in [-0.15, -0.1) is 0 Å². The molecule has 0 atom stereocenters. The number of nitrogens with two attached hydrogens (primary N) is 1. The minimum absolute atomic E-state index is 0.0182. The second kappa shape index (κ2) is 8.52. The fraction of sp³-hybridized carbons (Fsp3) is 0.227. The highest BCUT2D eigenvalue weighted by Crippen LogP contribution is 2.29. The number of benzene rings is 2. The van der Waals surface area contributed by atoms with Crippen molar-refractivity contribution < 1.29 is 9.59 Å². The summed E-state index contributed by atoms with van der Waals surface area (Å²) in [6, 6.07) is 13.6. The molecule has 2 amide bonds. The summed E-state index contributed by atoms with van der Waals surface area (Å²) in [6.45, 7) is 3.25. The zero-order valence-electron chi connectivity index (χ0n) is 16.1. The number of allylic oxidation sites excluding steroid dienone is 1. The summed E-state index contributed by atoms with van der Waals surface area (Å²) in [7, 11) is 1.74. The first-order valence-corrected chi connectivity index (χ1v) is 9.13. The maximum Gasteiger partial charge on any atom is 0.253 e. The quantitative estimate of drug-likeness (QED) is 0.600. The summed E-state index contributed by atoms with van der Waals surface area (Å²) in [5.41, 5.74) is 10.7. The monoisotopic (exact) mass is 376 g/mol. The van der Waals surface area contributed by atoms with E-state index in [1.807, 2.05) is 30.0 Å². The number of likely N-dealkylation sites (tertiary alicyclic amines) is 1. The second-order valence-electron chi connectivity index (χ2n) is 6.79. The number of anilines is 1. The van der Waals surface area contributed by atoms with E-state index in [0.29, 0.717) is 36.7 Å². The molecule has 0 unspecified atom stereocenters. The zero-order chi connectivity index (χ0) is 20.1. The smallest absolute Gasteiger partial charge is 0.253 e. The summed E-state index contributed by atoms with van der Waals surface area (Å²) < 4.78 is 0. The lowest BCUT2D eigenvalue weighted by molar-refractivity contribution is -0.105. The Morgan fingerprint density at radius 1 is 1.18 bits per heavy atom. The van der Waals surface area contributed by atoms with Crippen LogP contribution in [0, 0.1) is 6.92 Å². The van der Waals surface area contributed by atoms with Crippen LogP contribution in [0.2, 0.25) is 0 Å². The predicted octanol–water partition coefficient (Wildman–Crippen LogP) is 2.69. The molecule has 0 radical (unpaired) electrons. The molecule has 1 aliphatic heterocycles. The molecule has 6 heteroatoms. The summed E-state index contributed by atoms with van der Waals surface area (Å²) in [6.07, 6.45) is 3.87. The first-order valence-electron chi connectivity index (χ1n) is 9.13. The van der Waals surface area contributed by atoms with Crippen molar-refractivity contribution in [1.82, 2.24) is 4.90 Å². The fourth-order valence-electron chi connectivity index (χ4n) is 3.33. The molecule has 1 aliphatic rings. The molecule has 144 valence electrons. The van der Waals surface area contributed by atoms with E-state index >= 15 is 0 Å². The van der Waals surface area contributed by atoms with Crippen molar-refractivity contribution in [1.29, 1.82) is 0 Å². The molecular weight excluding hydrogens is 352 g/mol. The minimum Gasteiger partial charge on any atom is -0.405 e. The third kappa shape index (κ3) is 3.96. The summed E-state index contributed by atoms with van der Waals surface area (Å²) in [5, 5.41) is 2.64. The Balaban J connectivity index is 1.65. The highest BCUT2D eigenvalue weighted by Gasteiger charge is 2.32. The molecule has 3 N–H and O–H groups in total. The van der Waals surface area contributed by atoms with Gasteiger partial charge in [-0.1, -0.05) is 30.3 Å². The fourth-order valence-corrected chi connectivity index (χ4v) is 3.33. The minimum atomic E-state index is -0.0182. The second-order valence-corrected chi connectivity index (χ2v) is 6.79. The number of nitrogens with zero attached hydrogens (tertiary/aromatic N) is 2. The van der Waals surface area contributed by atoms with Crippen LogP contribution in [0.5, 0.6) is 0 Å². The van der Waals surface area contributed by atoms with Crippen LogP contribution in [-0.2, 0) is 4.79 Å². The highest BCUT2D eigenvalue weighted by atomic mass is 16.2. The standard InChI is InChI=1S/C22H24N4O2/c1-15-3-4-18(11-21(15)25-14-27)22(28)26-12-19(13-26)16-5-7-17(8-6-16)20(24-2)9-10-23/h3-11,14,19H,12-13,23H2,1-2H3,(H,25,27). The van der Waals surface area contributed by atoms with Crippen LogP contribution in [-0.4, -0.2) is 43.1 Å². The van der Waals surface area contributed by atoms with Gasteiger partial charge < -0.3 is 16.0 Å². The number of hydrogen-bond donors (Lipinski definition) is 2. The molecule has 0 aliphatic carbocycles. The van der Waals surface area contributed by atoms with Crippen LogP contribution >= 0.6 is 0 Å². The number of aliphatic imine (C=N–C) groups is 1. The average Bonchev–Trinajstić information content (AvgIpc) is 2.67. The molecule has 3 rings (SSSR count). The molecule has 2 aromatic rings. The number of carbonyl (C=O) groups is 2. The lowest BCUT2D eigenvalue weighted by Gasteiger charge is -2.39. The van der Waals surface area contributed by atoms with Gasteiger partial charge in [-0.2, -0.15) is 0 Å². The number of carbonyl (C=O) groups excluding carboxylic acids is 2. The lowest BCUT2D eigenvalue weighted by atomic mass is 9.90. The first kappa shape index (κ1) is 19.4. The molecule has 0 saturated carbocycles. The molecule has 1 fully saturated rings. The maximum atomic E-state index is 12.7. The van der Waals surface area contributed by atoms with E-state index in [-0.39, 0.29) is 5.91 Å². The Morgan fingerprint density at radius 2 is 1.86 bits per heavy atom. The van der Waals surface area contributed by atoms with Crippen molar-refractivity contribution in [3.8, 4) is 0 Å². The molecule has 2 aromatic carbocycles. The summed E-state index contributed by atoms with van der Waals surface area (Å²) in [4.78, 5) is 29.5. The third-order valence-electron chi connectivity index (χ3n) is 5.04. The molecule has 1 heterocycles. The van der Waals surface area contributed by atoms with Crippen molar-refractivity contribution in [2.45, 2.75) is 12.8 Å². The van der Waals surface area contributed by atoms with Gasteiger partial charge in [0, 0.05) is 37.3 Å². The van der Waals surface area contributed by atoms with Gasteiger partial charge in [0.15, 0.2) is 0 Å². The molecule has 1 saturated heterocycles. The van der Waals surface area contributed by atoms with Gasteiger partial charge in [-0.05, 0) is 48.0 Å². The SMILES string of the molecule is CN=C(C=CN)c1ccc(C2CN(C(=O)c3ccc(C)c(NC=O)c3)C2)cc1. The van der Waals surface area contributed by atoms with E-state index in [4.69, 9.17) is 5.73 Å². The number of hydrogen-bond acceptors (Lipinski definition) is 4. The van der Waals surface area contributed by atoms with E-state index in [2.05, 4.69) is 22.4 Å². The average molecular weight is 376 g/mol. The number of amides is 2. The van der Waals surface area contributed by atoms with E-state index in [0.717, 1.165) is 16.8 Å². The Hall–Kier alpha value is -3.41. The Morgan fingerprint density at radius 3 is 2.46 bits per heavy atom. The zero-order valence-corrected chi connectivity index (χ0v) is 16.1. The van der Waals surface area contributed by atoms with E-state index in [1.54, 1.807) is 25.3 Å². The molecule has 28 heavy (non-hydrogen) atoms. The van der Waals surface area contributed by atoms with E-state index < -0.39 is 0 Å². The third-order valence-corrected chi connectivity index (χ3v) is 5.04. The Labute approximate surface area is 164 Å². The van der Waals surface area contributed by atoms with Gasteiger partial charge in [0.1, 0.15) is 0 Å². The van der Waals surface area contributed by atoms with Gasteiger partial charge >= 0.3 is 0 Å². The number of aryl methyl sites for hydroxylation is 1. The summed E-state index contributed by atoms with van der Waals surface area (Å²) >= 11 is 0. The number of rotatable bonds is 6. The topological polar surface area (TPSA) is 87.8 Å². The first-order chi connectivity index (χ1) is 13.6. The van der Waals surface area contributed by atoms with Crippen molar-refractivity contribution in [2.24, 2.45) is 10.7 Å². The van der Waals surface area contributed by atoms with Crippen LogP contribution in [0.1, 0.15) is 33.0 Å². The molecule has 0 aromatic heterocycles. The van der Waals surface area contributed by atoms with Crippen molar-refractivity contribution in [3.63, 3.8) is 0 Å². The van der Waals surface area contributed by atoms with Crippen LogP contribution in [0.15, 0.2) is 59.7 Å². The van der Waals surface area contributed by atoms with Crippen molar-refractivity contribution in [3.05, 3.63) is 77.0 Å². The van der Waals surface area contributed by atoms with Crippen molar-refractivity contribution >= 4 is 23.7 Å². The van der Waals surface area contributed by atoms with Crippen LogP contribution in [0.3, 0.4) is 0 Å². The van der Waals surface area contributed by atoms with Crippen LogP contribution in [0.25, 0.3) is 0 Å². The molecule has 0 bridgehead atoms. The van der Waals surface area contributed by atoms with E-state index in [1.165, 1.54) is 11.8 Å². The Kier molecular flexibility index (Phi) is 5.89. The Bertz CT molecular complexity index is 926. The van der Waals surface area contributed by atoms with E-state index in [9.17, 15) is 9.59 Å². The summed E-state index contributed by atoms with van der Waals surface area (Å²) in [5.74, 6) is 0.304. The van der Waals surface area contributed by atoms with Gasteiger partial charge in [-0.3, -0.25) is 14.6 Å². The molecular formula is C22H24N4O2. The van der Waals surface area contributed by atoms with Gasteiger partial charge in [0.25, 0.3) is 5.91 Å². The van der Waals surface area contributed by atoms with Crippen LogP contribution in [0.4, 0.5) is 5.69 Å². The molecule has 0 spiro atoms.